The Hall–Kier alpha value is -1.03. The molecule has 1 aromatic heterocycles. The fraction of sp³-hybridized carbons (Fsp3) is 0.846. The van der Waals surface area contributed by atoms with Crippen LogP contribution in [0, 0.1) is 23.2 Å². The Morgan fingerprint density at radius 3 is 2.54 bits per heavy atom. The summed E-state index contributed by atoms with van der Waals surface area (Å²) in [4.78, 5) is 22.8. The second-order valence-electron chi connectivity index (χ2n) is 12.7. The molecule has 0 spiro atoms. The lowest BCUT2D eigenvalue weighted by atomic mass is 9.53. The van der Waals surface area contributed by atoms with Crippen molar-refractivity contribution in [1.82, 2.24) is 9.88 Å². The van der Waals surface area contributed by atoms with Gasteiger partial charge in [0.05, 0.1) is 49.8 Å². The summed E-state index contributed by atoms with van der Waals surface area (Å²) >= 11 is 1.53. The average molecular weight is 527 g/mol. The Bertz CT molecular complexity index is 1060. The fourth-order valence-electron chi connectivity index (χ4n) is 6.62. The minimum Gasteiger partial charge on any atom is -0.392 e. The first-order chi connectivity index (χ1) is 16.1. The van der Waals surface area contributed by atoms with Crippen LogP contribution in [-0.2, 0) is 26.8 Å². The number of piperazine rings is 1. The smallest absolute Gasteiger partial charge is 0.226 e. The summed E-state index contributed by atoms with van der Waals surface area (Å²) < 4.78 is 24.8. The summed E-state index contributed by atoms with van der Waals surface area (Å²) in [6, 6.07) is 0. The second kappa shape index (κ2) is 9.37. The molecule has 1 saturated carbocycles. The number of hydrogen-bond donors (Lipinski definition) is 2. The number of sulfone groups is 1. The van der Waals surface area contributed by atoms with Gasteiger partial charge in [0.25, 0.3) is 0 Å². The van der Waals surface area contributed by atoms with Crippen LogP contribution in [0.2, 0.25) is 0 Å². The summed E-state index contributed by atoms with van der Waals surface area (Å²) in [6.07, 6.45) is 2.04. The molecule has 4 rings (SSSR count). The zero-order valence-electron chi connectivity index (χ0n) is 22.4. The van der Waals surface area contributed by atoms with E-state index in [1.54, 1.807) is 20.8 Å². The molecule has 198 valence electrons. The highest BCUT2D eigenvalue weighted by Crippen LogP contribution is 2.57. The van der Waals surface area contributed by atoms with Crippen molar-refractivity contribution in [3.63, 3.8) is 0 Å². The number of thiazole rings is 1. The van der Waals surface area contributed by atoms with Gasteiger partial charge in [0.1, 0.15) is 10.8 Å². The number of amides is 1. The molecule has 0 bridgehead atoms. The van der Waals surface area contributed by atoms with Crippen molar-refractivity contribution < 1.29 is 23.2 Å². The molecule has 1 aliphatic heterocycles. The summed E-state index contributed by atoms with van der Waals surface area (Å²) in [6.45, 7) is 15.1. The zero-order chi connectivity index (χ0) is 25.9. The van der Waals surface area contributed by atoms with Crippen LogP contribution in [0.5, 0.6) is 0 Å². The lowest BCUT2D eigenvalue weighted by Crippen LogP contribution is -3.12. The van der Waals surface area contributed by atoms with Crippen LogP contribution in [0.1, 0.15) is 75.9 Å². The highest BCUT2D eigenvalue weighted by Gasteiger charge is 2.54. The summed E-state index contributed by atoms with van der Waals surface area (Å²) in [5.41, 5.74) is 0.881. The first-order valence-electron chi connectivity index (χ1n) is 13.1. The molecule has 6 atom stereocenters. The van der Waals surface area contributed by atoms with Gasteiger partial charge in [-0.2, -0.15) is 0 Å². The van der Waals surface area contributed by atoms with Gasteiger partial charge in [0.2, 0.25) is 5.91 Å². The van der Waals surface area contributed by atoms with E-state index in [1.807, 2.05) is 11.8 Å². The van der Waals surface area contributed by atoms with Crippen molar-refractivity contribution in [1.29, 1.82) is 0 Å². The maximum absolute atomic E-state index is 13.3. The minimum atomic E-state index is -3.31. The number of likely N-dealkylation sites (N-methyl/N-ethyl adjacent to an activating group) is 1. The van der Waals surface area contributed by atoms with E-state index in [4.69, 9.17) is 4.98 Å². The molecule has 1 aromatic rings. The fourth-order valence-corrected chi connectivity index (χ4v) is 9.31. The quantitative estimate of drug-likeness (QED) is 0.625. The molecule has 0 aromatic carbocycles. The molecule has 7 nitrogen and oxygen atoms in total. The number of aliphatic hydroxyl groups excluding tert-OH is 1. The van der Waals surface area contributed by atoms with Gasteiger partial charge in [0, 0.05) is 16.7 Å². The Balaban J connectivity index is 1.54. The van der Waals surface area contributed by atoms with Crippen molar-refractivity contribution in [2.75, 3.05) is 33.2 Å². The number of quaternary nitrogens is 1. The van der Waals surface area contributed by atoms with Gasteiger partial charge >= 0.3 is 0 Å². The Morgan fingerprint density at radius 1 is 1.31 bits per heavy atom. The third-order valence-corrected chi connectivity index (χ3v) is 12.9. The number of rotatable bonds is 4. The van der Waals surface area contributed by atoms with Crippen LogP contribution in [0.3, 0.4) is 0 Å². The molecule has 3 aliphatic rings. The van der Waals surface area contributed by atoms with Crippen molar-refractivity contribution in [3.05, 3.63) is 15.6 Å². The van der Waals surface area contributed by atoms with Crippen LogP contribution in [-0.4, -0.2) is 73.4 Å². The molecule has 0 radical (unpaired) electrons. The number of nitrogens with zero attached hydrogens (tertiary/aromatic N) is 2. The molecule has 0 unspecified atom stereocenters. The summed E-state index contributed by atoms with van der Waals surface area (Å²) in [5.74, 6) is -0.0854. The summed E-state index contributed by atoms with van der Waals surface area (Å²) in [5, 5.41) is 12.3. The standard InChI is InChI=1S/C26H43N3O4S2/c1-16(24(31)29-12-10-28(7)11-13-29)18-8-9-26(6)14-19-22(17(2)21(26)23(18)30)27-20(34-19)15-35(32,33)25(3,4)5/h16-18,21,23,30H,8-15H2,1-7H3/p+1/t16-,17-,18-,21+,23-,26-/m0/s1. The van der Waals surface area contributed by atoms with Crippen LogP contribution in [0.4, 0.5) is 0 Å². The van der Waals surface area contributed by atoms with Crippen molar-refractivity contribution in [3.8, 4) is 0 Å². The van der Waals surface area contributed by atoms with Gasteiger partial charge < -0.3 is 14.9 Å². The van der Waals surface area contributed by atoms with Gasteiger partial charge in [-0.3, -0.25) is 4.79 Å². The maximum atomic E-state index is 13.3. The predicted molar refractivity (Wildman–Crippen MR) is 139 cm³/mol. The zero-order valence-corrected chi connectivity index (χ0v) is 24.1. The van der Waals surface area contributed by atoms with E-state index in [0.29, 0.717) is 5.01 Å². The molecule has 1 saturated heterocycles. The first-order valence-corrected chi connectivity index (χ1v) is 15.6. The molecule has 2 aliphatic carbocycles. The molecular weight excluding hydrogens is 482 g/mol. The monoisotopic (exact) mass is 526 g/mol. The van der Waals surface area contributed by atoms with E-state index in [9.17, 15) is 18.3 Å². The third kappa shape index (κ3) is 4.94. The van der Waals surface area contributed by atoms with Crippen molar-refractivity contribution >= 4 is 27.1 Å². The Morgan fingerprint density at radius 2 is 1.94 bits per heavy atom. The Labute approximate surface area is 215 Å². The predicted octanol–water partition coefficient (Wildman–Crippen LogP) is 1.90. The molecular formula is C26H44N3O4S2+. The van der Waals surface area contributed by atoms with Gasteiger partial charge in [-0.25, -0.2) is 13.4 Å². The number of aliphatic hydroxyl groups is 1. The number of aromatic nitrogens is 1. The number of hydrogen-bond acceptors (Lipinski definition) is 6. The maximum Gasteiger partial charge on any atom is 0.226 e. The SMILES string of the molecule is C[C@H](C(=O)N1CC[NH+](C)CC1)[C@@H]1CC[C@@]2(C)Cc3sc(CS(=O)(=O)C(C)(C)C)nc3[C@@H](C)[C@@H]2[C@H]1O. The average Bonchev–Trinajstić information content (AvgIpc) is 3.13. The minimum absolute atomic E-state index is 0.00936. The molecule has 2 N–H and O–H groups in total. The highest BCUT2D eigenvalue weighted by atomic mass is 32.2. The molecule has 9 heteroatoms. The lowest BCUT2D eigenvalue weighted by Gasteiger charge is -2.53. The first kappa shape index (κ1) is 27.0. The van der Waals surface area contributed by atoms with E-state index in [-0.39, 0.29) is 40.7 Å². The van der Waals surface area contributed by atoms with Crippen LogP contribution >= 0.6 is 11.3 Å². The molecule has 2 heterocycles. The van der Waals surface area contributed by atoms with Crippen molar-refractivity contribution in [2.24, 2.45) is 23.2 Å². The van der Waals surface area contributed by atoms with Gasteiger partial charge in [-0.15, -0.1) is 11.3 Å². The van der Waals surface area contributed by atoms with Crippen LogP contribution in [0.15, 0.2) is 0 Å². The number of carbonyl (C=O) groups excluding carboxylic acids is 1. The normalized spacial score (nSPS) is 33.2. The van der Waals surface area contributed by atoms with Crippen molar-refractivity contribution in [2.45, 2.75) is 83.3 Å². The largest absolute Gasteiger partial charge is 0.392 e. The molecule has 1 amide bonds. The van der Waals surface area contributed by atoms with Gasteiger partial charge in [-0.05, 0) is 57.3 Å². The molecule has 35 heavy (non-hydrogen) atoms. The van der Waals surface area contributed by atoms with Gasteiger partial charge in [0.15, 0.2) is 9.84 Å². The molecule has 2 fully saturated rings. The van der Waals surface area contributed by atoms with E-state index in [1.165, 1.54) is 21.1 Å². The van der Waals surface area contributed by atoms with Crippen LogP contribution < -0.4 is 4.90 Å². The van der Waals surface area contributed by atoms with Crippen LogP contribution in [0.25, 0.3) is 0 Å². The third-order valence-electron chi connectivity index (χ3n) is 9.17. The highest BCUT2D eigenvalue weighted by molar-refractivity contribution is 7.92. The summed E-state index contributed by atoms with van der Waals surface area (Å²) in [7, 11) is -1.14. The van der Waals surface area contributed by atoms with E-state index in [0.717, 1.165) is 51.1 Å². The van der Waals surface area contributed by atoms with E-state index >= 15 is 0 Å². The number of fused-ring (bicyclic) bond motifs is 2. The number of carbonyl (C=O) groups is 1. The number of nitrogens with one attached hydrogen (secondary N) is 1. The second-order valence-corrected chi connectivity index (χ2v) is 16.6. The lowest BCUT2D eigenvalue weighted by molar-refractivity contribution is -0.883. The van der Waals surface area contributed by atoms with Gasteiger partial charge in [-0.1, -0.05) is 20.8 Å². The van der Waals surface area contributed by atoms with E-state index in [2.05, 4.69) is 20.9 Å². The topological polar surface area (TPSA) is 92.0 Å². The van der Waals surface area contributed by atoms with E-state index < -0.39 is 20.7 Å². The Kier molecular flexibility index (Phi) is 7.23.